The van der Waals surface area contributed by atoms with E-state index in [4.69, 9.17) is 5.11 Å². The fraction of sp³-hybridized carbons (Fsp3) is 0.125. The van der Waals surface area contributed by atoms with Crippen LogP contribution in [0.1, 0.15) is 12.1 Å². The summed E-state index contributed by atoms with van der Waals surface area (Å²) in [6.07, 6.45) is 0.590. The van der Waals surface area contributed by atoms with Crippen molar-refractivity contribution >= 4 is 17.3 Å². The number of hydrogen-bond donors (Lipinski definition) is 1. The zero-order valence-electron chi connectivity index (χ0n) is 10.9. The van der Waals surface area contributed by atoms with Crippen LogP contribution in [0.15, 0.2) is 60.0 Å². The summed E-state index contributed by atoms with van der Waals surface area (Å²) in [5.74, 6) is -0.794. The third-order valence-electron chi connectivity index (χ3n) is 2.61. The molecule has 20 heavy (non-hydrogen) atoms. The molecule has 0 unspecified atom stereocenters. The standard InChI is InChI=1S/C16H15NO2S/c18-15(19)11-10-14-12-20-16(17-14)13-8-6-4-2-1-3-5-7-9-13/h1-9,12H,10-11H2,(H,18,19). The third-order valence-corrected chi connectivity index (χ3v) is 3.55. The van der Waals surface area contributed by atoms with E-state index in [9.17, 15) is 4.79 Å². The molecule has 0 saturated carbocycles. The highest BCUT2D eigenvalue weighted by atomic mass is 32.1. The molecule has 2 rings (SSSR count). The summed E-state index contributed by atoms with van der Waals surface area (Å²) in [6.45, 7) is 0. The molecule has 1 N–H and O–H groups in total. The molecular weight excluding hydrogens is 270 g/mol. The quantitative estimate of drug-likeness (QED) is 0.925. The average Bonchev–Trinajstić information content (AvgIpc) is 2.91. The van der Waals surface area contributed by atoms with Crippen LogP contribution in [0.2, 0.25) is 0 Å². The van der Waals surface area contributed by atoms with Gasteiger partial charge < -0.3 is 5.11 Å². The normalized spacial score (nSPS) is 9.80. The van der Waals surface area contributed by atoms with Gasteiger partial charge in [0.2, 0.25) is 0 Å². The number of carboxylic acids is 1. The van der Waals surface area contributed by atoms with Gasteiger partial charge in [0.15, 0.2) is 0 Å². The van der Waals surface area contributed by atoms with Gasteiger partial charge in [-0.25, -0.2) is 4.98 Å². The SMILES string of the molecule is O=C(O)CCc1csc(-c2ccccccccc2)n1. The van der Waals surface area contributed by atoms with Gasteiger partial charge in [-0.05, 0) is 0 Å². The van der Waals surface area contributed by atoms with E-state index in [2.05, 4.69) is 4.98 Å². The van der Waals surface area contributed by atoms with Crippen LogP contribution in [-0.2, 0) is 11.2 Å². The van der Waals surface area contributed by atoms with Gasteiger partial charge in [-0.2, -0.15) is 0 Å². The number of nitrogens with zero attached hydrogens (tertiary/aromatic N) is 1. The van der Waals surface area contributed by atoms with Crippen LogP contribution in [0.5, 0.6) is 0 Å². The summed E-state index contributed by atoms with van der Waals surface area (Å²) in [7, 11) is 0. The van der Waals surface area contributed by atoms with E-state index in [0.29, 0.717) is 6.42 Å². The molecule has 0 saturated heterocycles. The molecule has 0 bridgehead atoms. The Kier molecular flexibility index (Phi) is 5.26. The molecule has 3 nitrogen and oxygen atoms in total. The van der Waals surface area contributed by atoms with Gasteiger partial charge in [0, 0.05) is 17.4 Å². The van der Waals surface area contributed by atoms with Crippen molar-refractivity contribution < 1.29 is 9.90 Å². The van der Waals surface area contributed by atoms with E-state index in [0.717, 1.165) is 16.3 Å². The van der Waals surface area contributed by atoms with Crippen LogP contribution in [0.25, 0.3) is 10.6 Å². The first kappa shape index (κ1) is 14.2. The fourth-order valence-electron chi connectivity index (χ4n) is 1.63. The largest absolute Gasteiger partial charge is 0.481 e. The maximum absolute atomic E-state index is 10.6. The second kappa shape index (κ2) is 7.40. The number of thiazole rings is 1. The van der Waals surface area contributed by atoms with E-state index in [1.807, 2.05) is 60.0 Å². The minimum absolute atomic E-state index is 0.117. The average molecular weight is 285 g/mol. The number of aromatic nitrogens is 1. The van der Waals surface area contributed by atoms with Crippen molar-refractivity contribution in [3.63, 3.8) is 0 Å². The second-order valence-corrected chi connectivity index (χ2v) is 5.03. The lowest BCUT2D eigenvalue weighted by Gasteiger charge is -1.93. The number of carboxylic acid groups (broad SMARTS) is 1. The van der Waals surface area contributed by atoms with Crippen molar-refractivity contribution in [3.8, 4) is 10.6 Å². The Hall–Kier alpha value is -2.20. The molecule has 102 valence electrons. The van der Waals surface area contributed by atoms with E-state index < -0.39 is 5.97 Å². The molecule has 1 heterocycles. The summed E-state index contributed by atoms with van der Waals surface area (Å²) in [5, 5.41) is 11.5. The van der Waals surface area contributed by atoms with Crippen molar-refractivity contribution in [3.05, 3.63) is 65.7 Å². The first-order chi connectivity index (χ1) is 9.75. The topological polar surface area (TPSA) is 50.2 Å². The molecule has 0 aliphatic heterocycles. The number of carbonyl (C=O) groups is 1. The van der Waals surface area contributed by atoms with Gasteiger partial charge in [0.25, 0.3) is 0 Å². The lowest BCUT2D eigenvalue weighted by atomic mass is 10.2. The van der Waals surface area contributed by atoms with Crippen LogP contribution < -0.4 is 0 Å². The number of aliphatic carboxylic acids is 1. The summed E-state index contributed by atoms with van der Waals surface area (Å²) >= 11 is 1.54. The van der Waals surface area contributed by atoms with E-state index in [1.165, 1.54) is 11.3 Å². The van der Waals surface area contributed by atoms with E-state index in [1.54, 1.807) is 0 Å². The number of aryl methyl sites for hydroxylation is 1. The zero-order valence-corrected chi connectivity index (χ0v) is 11.7. The molecule has 0 spiro atoms. The Morgan fingerprint density at radius 1 is 1.05 bits per heavy atom. The first-order valence-corrected chi connectivity index (χ1v) is 7.18. The highest BCUT2D eigenvalue weighted by molar-refractivity contribution is 7.13. The Bertz CT molecular complexity index is 611. The van der Waals surface area contributed by atoms with Crippen molar-refractivity contribution in [2.45, 2.75) is 12.8 Å². The van der Waals surface area contributed by atoms with Gasteiger partial charge in [-0.15, -0.1) is 11.3 Å². The maximum Gasteiger partial charge on any atom is 0.303 e. The highest BCUT2D eigenvalue weighted by Crippen LogP contribution is 2.23. The minimum atomic E-state index is -0.794. The molecule has 1 aromatic carbocycles. The molecule has 4 heteroatoms. The van der Waals surface area contributed by atoms with Gasteiger partial charge in [0.05, 0.1) is 12.1 Å². The molecule has 2 aromatic rings. The Balaban J connectivity index is 2.25. The molecule has 1 aromatic heterocycles. The lowest BCUT2D eigenvalue weighted by molar-refractivity contribution is -0.136. The molecule has 0 radical (unpaired) electrons. The van der Waals surface area contributed by atoms with E-state index >= 15 is 0 Å². The zero-order chi connectivity index (χ0) is 14.2. The maximum atomic E-state index is 10.6. The summed E-state index contributed by atoms with van der Waals surface area (Å²) in [5.41, 5.74) is 1.85. The van der Waals surface area contributed by atoms with Gasteiger partial charge >= 0.3 is 5.97 Å². The monoisotopic (exact) mass is 285 g/mol. The van der Waals surface area contributed by atoms with E-state index in [-0.39, 0.29) is 6.42 Å². The Labute approximate surface area is 121 Å². The predicted molar refractivity (Wildman–Crippen MR) is 81.1 cm³/mol. The Morgan fingerprint density at radius 2 is 1.65 bits per heavy atom. The summed E-state index contributed by atoms with van der Waals surface area (Å²) in [4.78, 5) is 15.1. The van der Waals surface area contributed by atoms with Crippen molar-refractivity contribution in [1.82, 2.24) is 4.98 Å². The van der Waals surface area contributed by atoms with Crippen LogP contribution >= 0.6 is 11.3 Å². The lowest BCUT2D eigenvalue weighted by Crippen LogP contribution is -1.97. The summed E-state index contributed by atoms with van der Waals surface area (Å²) in [6, 6.07) is 17.7. The highest BCUT2D eigenvalue weighted by Gasteiger charge is 2.05. The molecule has 0 fully saturated rings. The summed E-state index contributed by atoms with van der Waals surface area (Å²) < 4.78 is 0. The van der Waals surface area contributed by atoms with Crippen LogP contribution in [0.4, 0.5) is 0 Å². The Morgan fingerprint density at radius 3 is 2.25 bits per heavy atom. The molecule has 0 amide bonds. The van der Waals surface area contributed by atoms with Gasteiger partial charge in [-0.1, -0.05) is 54.6 Å². The third kappa shape index (κ3) is 4.48. The molecule has 0 atom stereocenters. The van der Waals surface area contributed by atoms with Crippen molar-refractivity contribution in [2.75, 3.05) is 0 Å². The predicted octanol–water partition coefficient (Wildman–Crippen LogP) is 3.95. The second-order valence-electron chi connectivity index (χ2n) is 4.17. The fourth-order valence-corrected chi connectivity index (χ4v) is 2.49. The minimum Gasteiger partial charge on any atom is -0.481 e. The van der Waals surface area contributed by atoms with Crippen molar-refractivity contribution in [2.24, 2.45) is 0 Å². The van der Waals surface area contributed by atoms with Gasteiger partial charge in [-0.3, -0.25) is 4.79 Å². The van der Waals surface area contributed by atoms with Crippen molar-refractivity contribution in [1.29, 1.82) is 0 Å². The van der Waals surface area contributed by atoms with Gasteiger partial charge in [0.1, 0.15) is 5.01 Å². The molecule has 0 aliphatic carbocycles. The van der Waals surface area contributed by atoms with Crippen LogP contribution in [0, 0.1) is 0 Å². The van der Waals surface area contributed by atoms with Crippen LogP contribution in [-0.4, -0.2) is 16.1 Å². The van der Waals surface area contributed by atoms with Crippen LogP contribution in [0.3, 0.4) is 0 Å². The number of hydrogen-bond acceptors (Lipinski definition) is 3. The number of rotatable bonds is 4. The molecule has 0 aliphatic rings. The molecular formula is C16H15NO2S. The smallest absolute Gasteiger partial charge is 0.303 e. The first-order valence-electron chi connectivity index (χ1n) is 6.30.